The van der Waals surface area contributed by atoms with Crippen molar-refractivity contribution in [3.63, 3.8) is 0 Å². The van der Waals surface area contributed by atoms with Crippen LogP contribution in [0.15, 0.2) is 53.8 Å². The van der Waals surface area contributed by atoms with Gasteiger partial charge < -0.3 is 0 Å². The first-order valence-corrected chi connectivity index (χ1v) is 8.01. The average Bonchev–Trinajstić information content (AvgIpc) is 3.06. The van der Waals surface area contributed by atoms with Crippen LogP contribution in [0.4, 0.5) is 5.69 Å². The average molecular weight is 336 g/mol. The van der Waals surface area contributed by atoms with Gasteiger partial charge in [-0.15, -0.1) is 10.0 Å². The summed E-state index contributed by atoms with van der Waals surface area (Å²) in [6, 6.07) is 15.3. The van der Waals surface area contributed by atoms with E-state index in [1.54, 1.807) is 4.68 Å². The fourth-order valence-electron chi connectivity index (χ4n) is 2.99. The second kappa shape index (κ2) is 6.43. The summed E-state index contributed by atoms with van der Waals surface area (Å²) >= 11 is 0. The van der Waals surface area contributed by atoms with Crippen molar-refractivity contribution in [2.24, 2.45) is 5.29 Å². The van der Waals surface area contributed by atoms with E-state index in [9.17, 15) is 4.91 Å². The zero-order chi connectivity index (χ0) is 18.0. The molecule has 0 fully saturated rings. The Morgan fingerprint density at radius 2 is 1.64 bits per heavy atom. The maximum Gasteiger partial charge on any atom is 0.183 e. The highest BCUT2D eigenvalue weighted by molar-refractivity contribution is 5.50. The highest BCUT2D eigenvalue weighted by atomic mass is 16.3. The molecule has 0 aliphatic carbocycles. The second-order valence-electron chi connectivity index (χ2n) is 6.44. The predicted octanol–water partition coefficient (Wildman–Crippen LogP) is 3.70. The van der Waals surface area contributed by atoms with Gasteiger partial charge in [-0.3, -0.25) is 0 Å². The number of tetrazole rings is 1. The fourth-order valence-corrected chi connectivity index (χ4v) is 2.99. The van der Waals surface area contributed by atoms with Gasteiger partial charge >= 0.3 is 0 Å². The molecule has 0 radical (unpaired) electrons. The van der Waals surface area contributed by atoms with E-state index in [-0.39, 0.29) is 0 Å². The molecule has 1 aromatic heterocycles. The van der Waals surface area contributed by atoms with Crippen molar-refractivity contribution in [2.45, 2.75) is 33.2 Å². The van der Waals surface area contributed by atoms with Crippen LogP contribution in [-0.2, 0) is 5.54 Å². The van der Waals surface area contributed by atoms with Gasteiger partial charge in [0.15, 0.2) is 5.82 Å². The molecule has 1 heterocycles. The number of hydrogen-bond donors (Lipinski definition) is 0. The van der Waals surface area contributed by atoms with E-state index in [0.29, 0.717) is 11.5 Å². The predicted molar refractivity (Wildman–Crippen MR) is 96.4 cm³/mol. The van der Waals surface area contributed by atoms with E-state index in [1.165, 1.54) is 5.01 Å². The lowest BCUT2D eigenvalue weighted by molar-refractivity contribution is 0.447. The molecule has 0 amide bonds. The van der Waals surface area contributed by atoms with Gasteiger partial charge in [0.1, 0.15) is 5.54 Å². The number of nitroso groups, excluding NO2 is 1. The van der Waals surface area contributed by atoms with Crippen LogP contribution in [-0.4, -0.2) is 20.2 Å². The third-order valence-electron chi connectivity index (χ3n) is 4.28. The lowest BCUT2D eigenvalue weighted by Crippen LogP contribution is -2.40. The van der Waals surface area contributed by atoms with E-state index >= 15 is 0 Å². The first-order chi connectivity index (χ1) is 12.0. The van der Waals surface area contributed by atoms with Crippen molar-refractivity contribution >= 4 is 5.69 Å². The smallest absolute Gasteiger partial charge is 0.183 e. The Hall–Kier alpha value is -3.09. The molecule has 0 atom stereocenters. The molecule has 25 heavy (non-hydrogen) atoms. The van der Waals surface area contributed by atoms with Crippen molar-refractivity contribution < 1.29 is 0 Å². The number of aryl methyl sites for hydroxylation is 2. The SMILES string of the molecule is Cc1cccc(C)c1-n1nnnc1C(C)(C)N(N=O)c1ccccc1. The Kier molecular flexibility index (Phi) is 4.31. The highest BCUT2D eigenvalue weighted by Gasteiger charge is 2.37. The van der Waals surface area contributed by atoms with Gasteiger partial charge in [-0.2, -0.15) is 4.68 Å². The van der Waals surface area contributed by atoms with Crippen molar-refractivity contribution in [1.82, 2.24) is 20.2 Å². The van der Waals surface area contributed by atoms with E-state index in [4.69, 9.17) is 0 Å². The minimum Gasteiger partial charge on any atom is -0.216 e. The molecule has 0 N–H and O–H groups in total. The fraction of sp³-hybridized carbons (Fsp3) is 0.278. The van der Waals surface area contributed by atoms with Crippen LogP contribution in [0.5, 0.6) is 0 Å². The topological polar surface area (TPSA) is 76.3 Å². The Balaban J connectivity index is 2.14. The monoisotopic (exact) mass is 336 g/mol. The molecule has 0 aliphatic heterocycles. The van der Waals surface area contributed by atoms with Gasteiger partial charge in [0.2, 0.25) is 0 Å². The van der Waals surface area contributed by atoms with Crippen LogP contribution in [0, 0.1) is 18.8 Å². The maximum absolute atomic E-state index is 11.6. The quantitative estimate of drug-likeness (QED) is 0.524. The molecule has 0 saturated heterocycles. The molecule has 7 heteroatoms. The molecule has 0 spiro atoms. The van der Waals surface area contributed by atoms with Crippen molar-refractivity contribution in [1.29, 1.82) is 0 Å². The summed E-state index contributed by atoms with van der Waals surface area (Å²) in [6.45, 7) is 7.76. The van der Waals surface area contributed by atoms with Crippen molar-refractivity contribution in [3.05, 3.63) is 70.4 Å². The van der Waals surface area contributed by atoms with Crippen LogP contribution < -0.4 is 5.01 Å². The van der Waals surface area contributed by atoms with Crippen LogP contribution in [0.2, 0.25) is 0 Å². The molecule has 2 aromatic carbocycles. The Bertz CT molecular complexity index is 867. The molecular formula is C18H20N6O. The molecule has 128 valence electrons. The zero-order valence-corrected chi connectivity index (χ0v) is 14.7. The number of rotatable bonds is 5. The lowest BCUT2D eigenvalue weighted by Gasteiger charge is -2.32. The van der Waals surface area contributed by atoms with Gasteiger partial charge in [-0.05, 0) is 61.4 Å². The number of hydrogen-bond acceptors (Lipinski definition) is 5. The lowest BCUT2D eigenvalue weighted by atomic mass is 10.0. The van der Waals surface area contributed by atoms with Gasteiger partial charge in [0.05, 0.1) is 16.7 Å². The van der Waals surface area contributed by atoms with Crippen LogP contribution in [0.1, 0.15) is 30.8 Å². The Labute approximate surface area is 146 Å². The standard InChI is InChI=1S/C18H20N6O/c1-13-9-8-10-14(2)16(13)23-17(19-20-21-23)18(3,4)24(22-25)15-11-6-5-7-12-15/h5-12H,1-4H3. The summed E-state index contributed by atoms with van der Waals surface area (Å²) in [6.07, 6.45) is 0. The minimum atomic E-state index is -0.846. The van der Waals surface area contributed by atoms with E-state index in [1.807, 2.05) is 76.2 Å². The molecular weight excluding hydrogens is 316 g/mol. The molecule has 3 rings (SSSR count). The third kappa shape index (κ3) is 2.88. The van der Waals surface area contributed by atoms with Crippen molar-refractivity contribution in [2.75, 3.05) is 5.01 Å². The normalized spacial score (nSPS) is 11.4. The molecule has 7 nitrogen and oxygen atoms in total. The molecule has 3 aromatic rings. The molecule has 0 aliphatic rings. The third-order valence-corrected chi connectivity index (χ3v) is 4.28. The summed E-state index contributed by atoms with van der Waals surface area (Å²) in [5.74, 6) is 0.536. The van der Waals surface area contributed by atoms with Crippen molar-refractivity contribution in [3.8, 4) is 5.69 Å². The second-order valence-corrected chi connectivity index (χ2v) is 6.44. The number of aromatic nitrogens is 4. The largest absolute Gasteiger partial charge is 0.216 e. The number of anilines is 1. The summed E-state index contributed by atoms with van der Waals surface area (Å²) in [4.78, 5) is 11.6. The molecule has 0 unspecified atom stereocenters. The van der Waals surface area contributed by atoms with E-state index in [0.717, 1.165) is 16.8 Å². The van der Waals surface area contributed by atoms with E-state index in [2.05, 4.69) is 20.8 Å². The first-order valence-electron chi connectivity index (χ1n) is 8.01. The summed E-state index contributed by atoms with van der Waals surface area (Å²) in [7, 11) is 0. The Morgan fingerprint density at radius 3 is 2.24 bits per heavy atom. The Morgan fingerprint density at radius 1 is 1.00 bits per heavy atom. The summed E-state index contributed by atoms with van der Waals surface area (Å²) in [5, 5.41) is 16.9. The van der Waals surface area contributed by atoms with Gasteiger partial charge in [0, 0.05) is 0 Å². The number of para-hydroxylation sites is 2. The van der Waals surface area contributed by atoms with Gasteiger partial charge in [0.25, 0.3) is 0 Å². The molecule has 0 saturated carbocycles. The highest BCUT2D eigenvalue weighted by Crippen LogP contribution is 2.33. The molecule has 0 bridgehead atoms. The van der Waals surface area contributed by atoms with Crippen LogP contribution in [0.3, 0.4) is 0 Å². The van der Waals surface area contributed by atoms with E-state index < -0.39 is 5.54 Å². The summed E-state index contributed by atoms with van der Waals surface area (Å²) < 4.78 is 1.69. The van der Waals surface area contributed by atoms with Gasteiger partial charge in [-0.25, -0.2) is 5.01 Å². The van der Waals surface area contributed by atoms with Crippen LogP contribution in [0.25, 0.3) is 5.69 Å². The number of benzene rings is 2. The summed E-state index contributed by atoms with van der Waals surface area (Å²) in [5.41, 5.74) is 2.85. The zero-order valence-electron chi connectivity index (χ0n) is 14.7. The van der Waals surface area contributed by atoms with Gasteiger partial charge in [-0.1, -0.05) is 36.4 Å². The minimum absolute atomic E-state index is 0.536. The maximum atomic E-state index is 11.6. The first kappa shape index (κ1) is 16.8. The number of nitrogens with zero attached hydrogens (tertiary/aromatic N) is 6. The van der Waals surface area contributed by atoms with Crippen LogP contribution >= 0.6 is 0 Å².